The first kappa shape index (κ1) is 32.3. The fourth-order valence-electron chi connectivity index (χ4n) is 4.72. The number of esters is 1. The maximum absolute atomic E-state index is 13.7. The molecule has 232 valence electrons. The number of nitrogens with zero attached hydrogens (tertiary/aromatic N) is 2. The summed E-state index contributed by atoms with van der Waals surface area (Å²) in [5.41, 5.74) is 0.514. The zero-order valence-electron chi connectivity index (χ0n) is 24.1. The molecular formula is C31H30F3N3O6S. The van der Waals surface area contributed by atoms with Gasteiger partial charge in [0.05, 0.1) is 44.1 Å². The van der Waals surface area contributed by atoms with Crippen molar-refractivity contribution in [3.8, 4) is 11.5 Å². The summed E-state index contributed by atoms with van der Waals surface area (Å²) in [6.07, 6.45) is -4.59. The Kier molecular flexibility index (Phi) is 10.1. The molecule has 4 rings (SSSR count). The number of hydrogen-bond donors (Lipinski definition) is 1. The van der Waals surface area contributed by atoms with Gasteiger partial charge in [0.25, 0.3) is 5.91 Å². The molecule has 0 radical (unpaired) electrons. The van der Waals surface area contributed by atoms with Crippen molar-refractivity contribution >= 4 is 46.5 Å². The van der Waals surface area contributed by atoms with Crippen molar-refractivity contribution in [1.29, 1.82) is 0 Å². The Hall–Kier alpha value is -4.65. The van der Waals surface area contributed by atoms with Crippen LogP contribution in [-0.4, -0.2) is 61.2 Å². The number of thiocarbonyl (C=S) groups is 1. The van der Waals surface area contributed by atoms with E-state index < -0.39 is 35.6 Å². The number of carbonyl (C=O) groups excluding carboxylic acids is 3. The lowest BCUT2D eigenvalue weighted by atomic mass is 10.1. The number of methoxy groups -OCH3 is 2. The second-order valence-corrected chi connectivity index (χ2v) is 10.1. The van der Waals surface area contributed by atoms with Gasteiger partial charge in [0.2, 0.25) is 5.91 Å². The zero-order valence-corrected chi connectivity index (χ0v) is 25.0. The number of ether oxygens (including phenoxy) is 3. The summed E-state index contributed by atoms with van der Waals surface area (Å²) in [5, 5.41) is 2.68. The van der Waals surface area contributed by atoms with Gasteiger partial charge in [-0.3, -0.25) is 14.5 Å². The molecule has 1 aliphatic heterocycles. The van der Waals surface area contributed by atoms with E-state index in [4.69, 9.17) is 26.4 Å². The number of amides is 2. The van der Waals surface area contributed by atoms with Crippen molar-refractivity contribution in [1.82, 2.24) is 4.90 Å². The minimum absolute atomic E-state index is 0.0219. The van der Waals surface area contributed by atoms with Gasteiger partial charge in [0.1, 0.15) is 6.04 Å². The maximum atomic E-state index is 13.7. The van der Waals surface area contributed by atoms with E-state index in [-0.39, 0.29) is 30.4 Å². The molecule has 3 aromatic carbocycles. The number of alkyl halides is 3. The standard InChI is InChI=1S/C31H30F3N3O6S/c1-4-43-29(40)20-9-11-22(12-10-20)35-27(38)18-24-28(39)37(23-7-5-6-21(17-23)31(32,33)34)30(44)36(24)15-14-19-8-13-25(41-2)26(16-19)42-3/h5-13,16-17,24H,4,14-15,18H2,1-3H3,(H,35,38). The van der Waals surface area contributed by atoms with E-state index in [1.807, 2.05) is 6.07 Å². The van der Waals surface area contributed by atoms with Crippen LogP contribution in [0, 0.1) is 0 Å². The van der Waals surface area contributed by atoms with Crippen LogP contribution in [0.15, 0.2) is 66.7 Å². The SMILES string of the molecule is CCOC(=O)c1ccc(NC(=O)CC2C(=O)N(c3cccc(C(F)(F)F)c3)C(=S)N2CCc2ccc(OC)c(OC)c2)cc1. The number of anilines is 2. The number of hydrogen-bond acceptors (Lipinski definition) is 7. The highest BCUT2D eigenvalue weighted by molar-refractivity contribution is 7.80. The zero-order chi connectivity index (χ0) is 32.0. The highest BCUT2D eigenvalue weighted by Gasteiger charge is 2.44. The number of nitrogens with one attached hydrogen (secondary N) is 1. The van der Waals surface area contributed by atoms with Crippen molar-refractivity contribution in [3.63, 3.8) is 0 Å². The molecule has 1 heterocycles. The lowest BCUT2D eigenvalue weighted by molar-refractivity contribution is -0.137. The van der Waals surface area contributed by atoms with Gasteiger partial charge in [-0.1, -0.05) is 12.1 Å². The molecule has 44 heavy (non-hydrogen) atoms. The fraction of sp³-hybridized carbons (Fsp3) is 0.290. The first-order valence-electron chi connectivity index (χ1n) is 13.6. The quantitative estimate of drug-likeness (QED) is 0.220. The van der Waals surface area contributed by atoms with E-state index in [1.165, 1.54) is 55.5 Å². The lowest BCUT2D eigenvalue weighted by Crippen LogP contribution is -2.39. The normalized spacial score (nSPS) is 14.9. The molecule has 0 spiro atoms. The first-order chi connectivity index (χ1) is 21.0. The van der Waals surface area contributed by atoms with Crippen molar-refractivity contribution in [2.75, 3.05) is 37.6 Å². The molecule has 1 fully saturated rings. The molecule has 2 amide bonds. The molecule has 13 heteroatoms. The monoisotopic (exact) mass is 629 g/mol. The van der Waals surface area contributed by atoms with Crippen molar-refractivity contribution in [3.05, 3.63) is 83.4 Å². The van der Waals surface area contributed by atoms with E-state index in [9.17, 15) is 27.6 Å². The first-order valence-corrected chi connectivity index (χ1v) is 14.0. The number of benzene rings is 3. The van der Waals surface area contributed by atoms with Gasteiger partial charge >= 0.3 is 12.1 Å². The molecule has 0 saturated carbocycles. The molecule has 0 bridgehead atoms. The number of rotatable bonds is 11. The van der Waals surface area contributed by atoms with Gasteiger partial charge in [-0.15, -0.1) is 0 Å². The molecule has 3 aromatic rings. The van der Waals surface area contributed by atoms with Gasteiger partial charge < -0.3 is 24.4 Å². The van der Waals surface area contributed by atoms with Gasteiger partial charge in [0, 0.05) is 12.2 Å². The van der Waals surface area contributed by atoms with Crippen LogP contribution in [0.2, 0.25) is 0 Å². The van der Waals surface area contributed by atoms with Crippen LogP contribution < -0.4 is 19.7 Å². The topological polar surface area (TPSA) is 97.4 Å². The summed E-state index contributed by atoms with van der Waals surface area (Å²) in [7, 11) is 3.01. The molecule has 1 aliphatic rings. The third kappa shape index (κ3) is 7.28. The minimum atomic E-state index is -4.63. The summed E-state index contributed by atoms with van der Waals surface area (Å²) in [6, 6.07) is 14.6. The third-order valence-electron chi connectivity index (χ3n) is 6.90. The summed E-state index contributed by atoms with van der Waals surface area (Å²) < 4.78 is 56.0. The van der Waals surface area contributed by atoms with Gasteiger partial charge in [-0.05, 0) is 85.7 Å². The Labute approximate surface area is 257 Å². The number of carbonyl (C=O) groups is 3. The average Bonchev–Trinajstić information content (AvgIpc) is 3.23. The van der Waals surface area contributed by atoms with Crippen LogP contribution in [0.25, 0.3) is 0 Å². The highest BCUT2D eigenvalue weighted by Crippen LogP contribution is 2.34. The summed E-state index contributed by atoms with van der Waals surface area (Å²) in [5.74, 6) is -0.633. The lowest BCUT2D eigenvalue weighted by Gasteiger charge is -2.24. The third-order valence-corrected chi connectivity index (χ3v) is 7.32. The molecule has 0 aliphatic carbocycles. The van der Waals surface area contributed by atoms with E-state index in [2.05, 4.69) is 5.32 Å². The van der Waals surface area contributed by atoms with Crippen LogP contribution >= 0.6 is 12.2 Å². The Balaban J connectivity index is 1.58. The van der Waals surface area contributed by atoms with Gasteiger partial charge in [-0.2, -0.15) is 13.2 Å². The molecule has 1 unspecified atom stereocenters. The smallest absolute Gasteiger partial charge is 0.416 e. The van der Waals surface area contributed by atoms with E-state index in [0.29, 0.717) is 29.2 Å². The van der Waals surface area contributed by atoms with Crippen molar-refractivity contribution in [2.24, 2.45) is 0 Å². The fourth-order valence-corrected chi connectivity index (χ4v) is 5.14. The van der Waals surface area contributed by atoms with Gasteiger partial charge in [0.15, 0.2) is 16.6 Å². The maximum Gasteiger partial charge on any atom is 0.416 e. The molecule has 1 saturated heterocycles. The second kappa shape index (κ2) is 13.8. The molecule has 9 nitrogen and oxygen atoms in total. The number of halogens is 3. The largest absolute Gasteiger partial charge is 0.493 e. The Morgan fingerprint density at radius 3 is 2.32 bits per heavy atom. The molecule has 1 atom stereocenters. The Bertz CT molecular complexity index is 1550. The van der Waals surface area contributed by atoms with Crippen LogP contribution in [0.4, 0.5) is 24.5 Å². The van der Waals surface area contributed by atoms with E-state index in [0.717, 1.165) is 22.6 Å². The van der Waals surface area contributed by atoms with Crippen LogP contribution in [0.5, 0.6) is 11.5 Å². The summed E-state index contributed by atoms with van der Waals surface area (Å²) in [4.78, 5) is 41.3. The highest BCUT2D eigenvalue weighted by atomic mass is 32.1. The Morgan fingerprint density at radius 2 is 1.68 bits per heavy atom. The van der Waals surface area contributed by atoms with Gasteiger partial charge in [-0.25, -0.2) is 4.79 Å². The average molecular weight is 630 g/mol. The van der Waals surface area contributed by atoms with Crippen LogP contribution in [-0.2, 0) is 26.9 Å². The summed E-state index contributed by atoms with van der Waals surface area (Å²) in [6.45, 7) is 2.09. The van der Waals surface area contributed by atoms with E-state index in [1.54, 1.807) is 19.1 Å². The molecule has 0 aromatic heterocycles. The van der Waals surface area contributed by atoms with Crippen LogP contribution in [0.1, 0.15) is 34.8 Å². The summed E-state index contributed by atoms with van der Waals surface area (Å²) >= 11 is 5.61. The minimum Gasteiger partial charge on any atom is -0.493 e. The molecule has 1 N–H and O–H groups in total. The van der Waals surface area contributed by atoms with Crippen molar-refractivity contribution in [2.45, 2.75) is 32.0 Å². The van der Waals surface area contributed by atoms with E-state index >= 15 is 0 Å². The Morgan fingerprint density at radius 1 is 0.977 bits per heavy atom. The second-order valence-electron chi connectivity index (χ2n) is 9.70. The predicted octanol–water partition coefficient (Wildman–Crippen LogP) is 5.47. The molecular weight excluding hydrogens is 599 g/mol. The van der Waals surface area contributed by atoms with Crippen molar-refractivity contribution < 1.29 is 41.8 Å². The predicted molar refractivity (Wildman–Crippen MR) is 161 cm³/mol. The van der Waals surface area contributed by atoms with Crippen LogP contribution in [0.3, 0.4) is 0 Å².